The van der Waals surface area contributed by atoms with Crippen molar-refractivity contribution in [3.8, 4) is 5.75 Å². The van der Waals surface area contributed by atoms with Crippen LogP contribution < -0.4 is 4.74 Å². The van der Waals surface area contributed by atoms with Crippen LogP contribution in [-0.2, 0) is 13.0 Å². The third kappa shape index (κ3) is 4.61. The van der Waals surface area contributed by atoms with Crippen molar-refractivity contribution in [1.29, 1.82) is 0 Å². The highest BCUT2D eigenvalue weighted by atomic mass is 35.5. The largest absolute Gasteiger partial charge is 0.489 e. The summed E-state index contributed by atoms with van der Waals surface area (Å²) in [4.78, 5) is 0. The molecule has 0 fully saturated rings. The highest BCUT2D eigenvalue weighted by molar-refractivity contribution is 6.20. The molecule has 0 saturated carbocycles. The Morgan fingerprint density at radius 3 is 1.96 bits per heavy atom. The van der Waals surface area contributed by atoms with Crippen LogP contribution in [0.1, 0.15) is 22.1 Å². The predicted octanol–water partition coefficient (Wildman–Crippen LogP) is 5.79. The number of ether oxygens (including phenoxy) is 1. The normalized spacial score (nSPS) is 11.9. The van der Waals surface area contributed by atoms with E-state index in [0.29, 0.717) is 6.61 Å². The van der Waals surface area contributed by atoms with Gasteiger partial charge in [-0.15, -0.1) is 11.6 Å². The fourth-order valence-corrected chi connectivity index (χ4v) is 2.77. The van der Waals surface area contributed by atoms with E-state index >= 15 is 0 Å². The van der Waals surface area contributed by atoms with E-state index in [-0.39, 0.29) is 5.38 Å². The maximum absolute atomic E-state index is 6.49. The maximum Gasteiger partial charge on any atom is 0.119 e. The zero-order valence-corrected chi connectivity index (χ0v) is 13.6. The van der Waals surface area contributed by atoms with Crippen molar-refractivity contribution in [2.45, 2.75) is 18.4 Å². The van der Waals surface area contributed by atoms with Crippen molar-refractivity contribution in [3.63, 3.8) is 0 Å². The van der Waals surface area contributed by atoms with Gasteiger partial charge in [-0.2, -0.15) is 0 Å². The van der Waals surface area contributed by atoms with Gasteiger partial charge in [0.25, 0.3) is 0 Å². The molecule has 0 heterocycles. The molecule has 0 aliphatic heterocycles. The minimum atomic E-state index is -0.00714. The van der Waals surface area contributed by atoms with Crippen molar-refractivity contribution in [3.05, 3.63) is 102 Å². The Labute approximate surface area is 142 Å². The molecule has 23 heavy (non-hydrogen) atoms. The Balaban J connectivity index is 1.57. The molecule has 0 saturated heterocycles. The highest BCUT2D eigenvalue weighted by Gasteiger charge is 2.08. The van der Waals surface area contributed by atoms with Crippen LogP contribution in [-0.4, -0.2) is 0 Å². The molecule has 0 spiro atoms. The molecule has 116 valence electrons. The summed E-state index contributed by atoms with van der Waals surface area (Å²) in [5.74, 6) is 0.878. The Kier molecular flexibility index (Phi) is 5.33. The number of benzene rings is 3. The summed E-state index contributed by atoms with van der Waals surface area (Å²) >= 11 is 6.49. The number of halogens is 1. The van der Waals surface area contributed by atoms with Crippen LogP contribution in [0.2, 0.25) is 0 Å². The minimum Gasteiger partial charge on any atom is -0.489 e. The third-order valence-corrected chi connectivity index (χ3v) is 4.15. The lowest BCUT2D eigenvalue weighted by Gasteiger charge is -2.11. The second kappa shape index (κ2) is 7.85. The van der Waals surface area contributed by atoms with Crippen molar-refractivity contribution in [2.75, 3.05) is 0 Å². The van der Waals surface area contributed by atoms with Gasteiger partial charge in [0.05, 0.1) is 5.38 Å². The quantitative estimate of drug-likeness (QED) is 0.522. The number of hydrogen-bond donors (Lipinski definition) is 0. The van der Waals surface area contributed by atoms with Gasteiger partial charge in [0.15, 0.2) is 0 Å². The fraction of sp³-hybridized carbons (Fsp3) is 0.143. The Morgan fingerprint density at radius 1 is 0.696 bits per heavy atom. The van der Waals surface area contributed by atoms with E-state index in [2.05, 4.69) is 36.4 Å². The van der Waals surface area contributed by atoms with Gasteiger partial charge in [-0.25, -0.2) is 0 Å². The molecule has 0 aromatic heterocycles. The van der Waals surface area contributed by atoms with Gasteiger partial charge in [0, 0.05) is 0 Å². The molecule has 0 amide bonds. The van der Waals surface area contributed by atoms with Gasteiger partial charge in [0.1, 0.15) is 12.4 Å². The first kappa shape index (κ1) is 15.6. The fourth-order valence-electron chi connectivity index (χ4n) is 2.45. The molecule has 1 atom stereocenters. The van der Waals surface area contributed by atoms with Gasteiger partial charge in [-0.3, -0.25) is 0 Å². The van der Waals surface area contributed by atoms with Gasteiger partial charge >= 0.3 is 0 Å². The van der Waals surface area contributed by atoms with Gasteiger partial charge in [-0.1, -0.05) is 72.8 Å². The molecule has 3 aromatic carbocycles. The molecule has 0 radical (unpaired) electrons. The molecule has 2 heteroatoms. The lowest BCUT2D eigenvalue weighted by molar-refractivity contribution is 0.306. The lowest BCUT2D eigenvalue weighted by atomic mass is 10.0. The first-order chi connectivity index (χ1) is 11.3. The van der Waals surface area contributed by atoms with E-state index in [1.165, 1.54) is 11.1 Å². The summed E-state index contributed by atoms with van der Waals surface area (Å²) in [7, 11) is 0. The third-order valence-electron chi connectivity index (χ3n) is 3.75. The monoisotopic (exact) mass is 322 g/mol. The molecule has 3 aromatic rings. The summed E-state index contributed by atoms with van der Waals surface area (Å²) < 4.78 is 5.80. The van der Waals surface area contributed by atoms with E-state index in [1.807, 2.05) is 48.5 Å². The molecule has 0 N–H and O–H groups in total. The van der Waals surface area contributed by atoms with E-state index in [1.54, 1.807) is 0 Å². The van der Waals surface area contributed by atoms with Crippen LogP contribution >= 0.6 is 11.6 Å². The van der Waals surface area contributed by atoms with Crippen molar-refractivity contribution in [1.82, 2.24) is 0 Å². The number of rotatable bonds is 6. The molecule has 1 nitrogen and oxygen atoms in total. The van der Waals surface area contributed by atoms with Gasteiger partial charge < -0.3 is 4.74 Å². The molecule has 0 bridgehead atoms. The van der Waals surface area contributed by atoms with Crippen molar-refractivity contribution >= 4 is 11.6 Å². The average Bonchev–Trinajstić information content (AvgIpc) is 2.63. The summed E-state index contributed by atoms with van der Waals surface area (Å²) in [6.45, 7) is 0.586. The van der Waals surface area contributed by atoms with Gasteiger partial charge in [0.2, 0.25) is 0 Å². The van der Waals surface area contributed by atoms with E-state index in [0.717, 1.165) is 17.7 Å². The van der Waals surface area contributed by atoms with E-state index in [4.69, 9.17) is 16.3 Å². The van der Waals surface area contributed by atoms with Crippen LogP contribution in [0.3, 0.4) is 0 Å². The van der Waals surface area contributed by atoms with E-state index in [9.17, 15) is 0 Å². The highest BCUT2D eigenvalue weighted by Crippen LogP contribution is 2.25. The molecule has 0 aliphatic rings. The summed E-state index contributed by atoms with van der Waals surface area (Å²) in [5.41, 5.74) is 3.53. The summed E-state index contributed by atoms with van der Waals surface area (Å²) in [5, 5.41) is -0.00714. The second-order valence-corrected chi connectivity index (χ2v) is 6.03. The zero-order chi connectivity index (χ0) is 15.9. The minimum absolute atomic E-state index is 0.00714. The standard InChI is InChI=1S/C21H19ClO/c22-21(19-9-5-2-6-10-19)15-17-11-13-20(14-12-17)23-16-18-7-3-1-4-8-18/h1-14,21H,15-16H2. The van der Waals surface area contributed by atoms with Crippen LogP contribution in [0, 0.1) is 0 Å². The van der Waals surface area contributed by atoms with Crippen molar-refractivity contribution in [2.24, 2.45) is 0 Å². The average molecular weight is 323 g/mol. The number of hydrogen-bond acceptors (Lipinski definition) is 1. The lowest BCUT2D eigenvalue weighted by Crippen LogP contribution is -1.97. The molecule has 1 unspecified atom stereocenters. The van der Waals surface area contributed by atoms with Crippen molar-refractivity contribution < 1.29 is 4.74 Å². The Morgan fingerprint density at radius 2 is 1.30 bits per heavy atom. The van der Waals surface area contributed by atoms with Crippen LogP contribution in [0.25, 0.3) is 0 Å². The predicted molar refractivity (Wildman–Crippen MR) is 96.0 cm³/mol. The summed E-state index contributed by atoms with van der Waals surface area (Å²) in [6.07, 6.45) is 0.810. The zero-order valence-electron chi connectivity index (χ0n) is 12.9. The maximum atomic E-state index is 6.49. The number of alkyl halides is 1. The van der Waals surface area contributed by atoms with E-state index < -0.39 is 0 Å². The van der Waals surface area contributed by atoms with Gasteiger partial charge in [-0.05, 0) is 35.2 Å². The van der Waals surface area contributed by atoms with Crippen LogP contribution in [0.4, 0.5) is 0 Å². The molecule has 3 rings (SSSR count). The SMILES string of the molecule is ClC(Cc1ccc(OCc2ccccc2)cc1)c1ccccc1. The Bertz CT molecular complexity index is 708. The molecular weight excluding hydrogens is 304 g/mol. The molecule has 0 aliphatic carbocycles. The second-order valence-electron chi connectivity index (χ2n) is 5.50. The summed E-state index contributed by atoms with van der Waals surface area (Å²) in [6, 6.07) is 28.5. The Hall–Kier alpha value is -2.25. The first-order valence-corrected chi connectivity index (χ1v) is 8.19. The first-order valence-electron chi connectivity index (χ1n) is 7.76. The van der Waals surface area contributed by atoms with Crippen LogP contribution in [0.15, 0.2) is 84.9 Å². The molecular formula is C21H19ClO. The topological polar surface area (TPSA) is 9.23 Å². The van der Waals surface area contributed by atoms with Crippen LogP contribution in [0.5, 0.6) is 5.75 Å². The smallest absolute Gasteiger partial charge is 0.119 e.